The van der Waals surface area contributed by atoms with Crippen LogP contribution in [0.1, 0.15) is 20.8 Å². The minimum absolute atomic E-state index is 0. The zero-order valence-corrected chi connectivity index (χ0v) is 8.42. The molecule has 0 atom stereocenters. The Balaban J connectivity index is 0. The maximum Gasteiger partial charge on any atom is 2.00 e. The van der Waals surface area contributed by atoms with E-state index in [2.05, 4.69) is 6.08 Å². The molecule has 0 saturated carbocycles. The van der Waals surface area contributed by atoms with Gasteiger partial charge in [0.1, 0.15) is 0 Å². The molecule has 0 radical (unpaired) electrons. The van der Waals surface area contributed by atoms with E-state index < -0.39 is 0 Å². The number of hydrogen-bond acceptors (Lipinski definition) is 0. The summed E-state index contributed by atoms with van der Waals surface area (Å²) in [4.78, 5) is 0. The molecule has 0 aromatic heterocycles. The fourth-order valence-electron chi connectivity index (χ4n) is 0.197. The largest absolute Gasteiger partial charge is 2.00 e. The Hall–Kier alpha value is 0.168. The normalized spacial score (nSPS) is 10.1. The minimum atomic E-state index is 0. The van der Waals surface area contributed by atoms with Gasteiger partial charge in [0.2, 0.25) is 0 Å². The van der Waals surface area contributed by atoms with Crippen LogP contribution in [-0.4, -0.2) is 0 Å². The van der Waals surface area contributed by atoms with Crippen LogP contribution in [0.15, 0.2) is 11.1 Å². The molecule has 0 heterocycles. The third-order valence-corrected chi connectivity index (χ3v) is 0.967. The van der Waals surface area contributed by atoms with E-state index >= 15 is 0 Å². The van der Waals surface area contributed by atoms with E-state index in [4.69, 9.17) is 6.58 Å². The molecule has 0 fully saturated rings. The molecular formula is C7H10W. The predicted octanol–water partition coefficient (Wildman–Crippen LogP) is 2.13. The maximum absolute atomic E-state index is 5.36. The molecule has 8 heavy (non-hydrogen) atoms. The van der Waals surface area contributed by atoms with Gasteiger partial charge in [-0.15, -0.1) is 20.8 Å². The standard InChI is InChI=1S/C7H10.W/c1-5-7(4)6(2)3;/h2H,1,3-4H3;/q-2;+2. The summed E-state index contributed by atoms with van der Waals surface area (Å²) >= 11 is 0. The van der Waals surface area contributed by atoms with E-state index in [9.17, 15) is 0 Å². The van der Waals surface area contributed by atoms with Gasteiger partial charge >= 0.3 is 21.1 Å². The van der Waals surface area contributed by atoms with Crippen molar-refractivity contribution >= 4 is 0 Å². The third-order valence-electron chi connectivity index (χ3n) is 0.967. The van der Waals surface area contributed by atoms with Crippen LogP contribution in [0.2, 0.25) is 0 Å². The van der Waals surface area contributed by atoms with E-state index in [1.54, 1.807) is 0 Å². The van der Waals surface area contributed by atoms with Gasteiger partial charge in [-0.3, -0.25) is 0 Å². The van der Waals surface area contributed by atoms with Gasteiger partial charge in [-0.05, 0) is 0 Å². The molecule has 0 bridgehead atoms. The molecule has 0 nitrogen and oxygen atoms in total. The van der Waals surface area contributed by atoms with Crippen molar-refractivity contribution in [1.29, 1.82) is 0 Å². The van der Waals surface area contributed by atoms with Crippen molar-refractivity contribution in [2.45, 2.75) is 20.8 Å². The van der Waals surface area contributed by atoms with Crippen LogP contribution in [-0.2, 0) is 21.1 Å². The zero-order chi connectivity index (χ0) is 5.86. The second kappa shape index (κ2) is 5.31. The second-order valence-electron chi connectivity index (χ2n) is 1.56. The van der Waals surface area contributed by atoms with Gasteiger partial charge in [0.25, 0.3) is 0 Å². The molecule has 0 spiro atoms. The van der Waals surface area contributed by atoms with Gasteiger partial charge in [0.15, 0.2) is 0 Å². The molecule has 0 unspecified atom stereocenters. The number of hydrogen-bond donors (Lipinski definition) is 0. The summed E-state index contributed by atoms with van der Waals surface area (Å²) < 4.78 is 0. The number of rotatable bonds is 1. The molecule has 44 valence electrons. The molecule has 1 heteroatoms. The van der Waals surface area contributed by atoms with Crippen molar-refractivity contribution in [3.8, 4) is 0 Å². The molecule has 0 aliphatic carbocycles. The molecule has 0 amide bonds. The smallest absolute Gasteiger partial charge is 0.391 e. The minimum Gasteiger partial charge on any atom is -0.391 e. The Morgan fingerprint density at radius 1 is 1.38 bits per heavy atom. The van der Waals surface area contributed by atoms with Crippen LogP contribution < -0.4 is 0 Å². The predicted molar refractivity (Wildman–Crippen MR) is 31.6 cm³/mol. The fraction of sp³-hybridized carbons (Fsp3) is 0.429. The summed E-state index contributed by atoms with van der Waals surface area (Å²) in [6.45, 7) is 11.0. The third kappa shape index (κ3) is 4.33. The summed E-state index contributed by atoms with van der Waals surface area (Å²) in [5.74, 6) is 0. The van der Waals surface area contributed by atoms with Crippen molar-refractivity contribution in [3.63, 3.8) is 0 Å². The van der Waals surface area contributed by atoms with Gasteiger partial charge in [0, 0.05) is 0 Å². The quantitative estimate of drug-likeness (QED) is 0.509. The summed E-state index contributed by atoms with van der Waals surface area (Å²) in [6.07, 6.45) is 2.92. The molecule has 0 saturated heterocycles. The first kappa shape index (κ1) is 11.0. The zero-order valence-electron chi connectivity index (χ0n) is 5.49. The van der Waals surface area contributed by atoms with Crippen LogP contribution in [0.5, 0.6) is 0 Å². The monoisotopic (exact) mass is 278 g/mol. The van der Waals surface area contributed by atoms with E-state index in [0.29, 0.717) is 0 Å². The Morgan fingerprint density at radius 2 is 1.75 bits per heavy atom. The summed E-state index contributed by atoms with van der Waals surface area (Å²) in [5.41, 5.74) is 1.89. The van der Waals surface area contributed by atoms with E-state index in [1.807, 2.05) is 20.8 Å². The summed E-state index contributed by atoms with van der Waals surface area (Å²) in [5, 5.41) is 0. The topological polar surface area (TPSA) is 0 Å². The van der Waals surface area contributed by atoms with Crippen molar-refractivity contribution in [2.75, 3.05) is 0 Å². The molecule has 0 aromatic carbocycles. The van der Waals surface area contributed by atoms with Crippen LogP contribution in [0, 0.1) is 12.7 Å². The van der Waals surface area contributed by atoms with Crippen molar-refractivity contribution in [1.82, 2.24) is 0 Å². The Kier molecular flexibility index (Phi) is 7.32. The first-order valence-corrected chi connectivity index (χ1v) is 2.29. The average molecular weight is 278 g/mol. The summed E-state index contributed by atoms with van der Waals surface area (Å²) in [6, 6.07) is 0. The summed E-state index contributed by atoms with van der Waals surface area (Å²) in [7, 11) is 0. The van der Waals surface area contributed by atoms with Crippen LogP contribution in [0.4, 0.5) is 0 Å². The molecular weight excluding hydrogens is 268 g/mol. The molecule has 0 aromatic rings. The fourth-order valence-corrected chi connectivity index (χ4v) is 0.197. The van der Waals surface area contributed by atoms with Crippen molar-refractivity contribution in [2.24, 2.45) is 0 Å². The van der Waals surface area contributed by atoms with Crippen LogP contribution in [0.25, 0.3) is 0 Å². The first-order chi connectivity index (χ1) is 3.18. The van der Waals surface area contributed by atoms with Crippen molar-refractivity contribution in [3.05, 3.63) is 23.8 Å². The van der Waals surface area contributed by atoms with Gasteiger partial charge < -0.3 is 23.8 Å². The van der Waals surface area contributed by atoms with Crippen LogP contribution >= 0.6 is 0 Å². The van der Waals surface area contributed by atoms with E-state index in [0.717, 1.165) is 11.1 Å². The average Bonchev–Trinajstić information content (AvgIpc) is 1.65. The molecule has 0 N–H and O–H groups in total. The van der Waals surface area contributed by atoms with Gasteiger partial charge in [-0.25, -0.2) is 0 Å². The van der Waals surface area contributed by atoms with Gasteiger partial charge in [-0.1, -0.05) is 0 Å². The van der Waals surface area contributed by atoms with Gasteiger partial charge in [-0.2, -0.15) is 0 Å². The molecule has 0 rings (SSSR count). The molecule has 0 aliphatic rings. The van der Waals surface area contributed by atoms with E-state index in [-0.39, 0.29) is 21.1 Å². The van der Waals surface area contributed by atoms with Crippen molar-refractivity contribution < 1.29 is 21.1 Å². The number of allylic oxidation sites excluding steroid dienone is 3. The van der Waals surface area contributed by atoms with Crippen LogP contribution in [0.3, 0.4) is 0 Å². The maximum atomic E-state index is 5.36. The van der Waals surface area contributed by atoms with E-state index in [1.165, 1.54) is 0 Å². The molecule has 0 aliphatic heterocycles. The second-order valence-corrected chi connectivity index (χ2v) is 1.56. The van der Waals surface area contributed by atoms with Gasteiger partial charge in [0.05, 0.1) is 0 Å². The Labute approximate surface area is 65.9 Å². The Morgan fingerprint density at radius 3 is 1.75 bits per heavy atom. The SMILES string of the molecule is [CH-]=C(C)C(C)=[C-]C.[W+2]. The Bertz CT molecular complexity index is 101. The first-order valence-electron chi connectivity index (χ1n) is 2.29.